The van der Waals surface area contributed by atoms with Gasteiger partial charge in [0.1, 0.15) is 6.61 Å². The molecular weight excluding hydrogens is 270 g/mol. The van der Waals surface area contributed by atoms with Gasteiger partial charge in [0.25, 0.3) is 5.91 Å². The predicted molar refractivity (Wildman–Crippen MR) is 81.8 cm³/mol. The number of hydrogen-bond donors (Lipinski definition) is 1. The third-order valence-electron chi connectivity index (χ3n) is 3.30. The van der Waals surface area contributed by atoms with Gasteiger partial charge >= 0.3 is 0 Å². The van der Waals surface area contributed by atoms with Crippen LogP contribution in [0.3, 0.4) is 0 Å². The summed E-state index contributed by atoms with van der Waals surface area (Å²) in [5, 5.41) is 8.69. The van der Waals surface area contributed by atoms with E-state index in [2.05, 4.69) is 25.7 Å². The monoisotopic (exact) mass is 291 g/mol. The van der Waals surface area contributed by atoms with Gasteiger partial charge in [0.2, 0.25) is 0 Å². The lowest BCUT2D eigenvalue weighted by Crippen LogP contribution is -2.34. The number of carbonyl (C=O) groups excluding carboxylic acids is 1. The van der Waals surface area contributed by atoms with Crippen LogP contribution in [0.5, 0.6) is 0 Å². The molecule has 1 fully saturated rings. The second kappa shape index (κ2) is 6.92. The number of nitrogens with zero attached hydrogens (tertiary/aromatic N) is 1. The minimum Gasteiger partial charge on any atom is -0.384 e. The molecule has 1 saturated carbocycles. The van der Waals surface area contributed by atoms with Crippen molar-refractivity contribution in [3.8, 4) is 11.8 Å². The van der Waals surface area contributed by atoms with Crippen LogP contribution < -0.4 is 0 Å². The minimum atomic E-state index is -0.149. The Balaban J connectivity index is 2.05. The van der Waals surface area contributed by atoms with Crippen LogP contribution in [-0.2, 0) is 0 Å². The molecule has 1 amide bonds. The van der Waals surface area contributed by atoms with Gasteiger partial charge in [-0.05, 0) is 37.3 Å². The molecule has 1 aliphatic carbocycles. The Morgan fingerprint density at radius 2 is 2.25 bits per heavy atom. The van der Waals surface area contributed by atoms with E-state index >= 15 is 0 Å². The average molecular weight is 291 g/mol. The molecule has 0 bridgehead atoms. The van der Waals surface area contributed by atoms with E-state index in [4.69, 9.17) is 5.11 Å². The summed E-state index contributed by atoms with van der Waals surface area (Å²) in [4.78, 5) is 16.2. The van der Waals surface area contributed by atoms with Gasteiger partial charge in [-0.25, -0.2) is 0 Å². The van der Waals surface area contributed by atoms with Gasteiger partial charge in [-0.1, -0.05) is 25.7 Å². The molecule has 1 heterocycles. The zero-order chi connectivity index (χ0) is 14.5. The highest BCUT2D eigenvalue weighted by Gasteiger charge is 2.33. The van der Waals surface area contributed by atoms with E-state index < -0.39 is 0 Å². The van der Waals surface area contributed by atoms with Crippen molar-refractivity contribution >= 4 is 17.2 Å². The van der Waals surface area contributed by atoms with E-state index in [1.807, 2.05) is 17.0 Å². The number of rotatable bonds is 5. The van der Waals surface area contributed by atoms with Gasteiger partial charge in [0.05, 0.1) is 9.75 Å². The van der Waals surface area contributed by atoms with Gasteiger partial charge in [0, 0.05) is 12.6 Å². The first kappa shape index (κ1) is 15.1. The number of aliphatic hydroxyl groups is 1. The third kappa shape index (κ3) is 4.09. The van der Waals surface area contributed by atoms with Gasteiger partial charge in [0.15, 0.2) is 0 Å². The molecule has 1 N–H and O–H groups in total. The molecule has 1 aliphatic rings. The molecular formula is C16H21NO2S. The molecule has 0 saturated heterocycles. The Morgan fingerprint density at radius 1 is 1.50 bits per heavy atom. The number of thiophene rings is 1. The zero-order valence-corrected chi connectivity index (χ0v) is 12.9. The van der Waals surface area contributed by atoms with Gasteiger partial charge in [-0.2, -0.15) is 0 Å². The summed E-state index contributed by atoms with van der Waals surface area (Å²) < 4.78 is 0. The van der Waals surface area contributed by atoms with Crippen LogP contribution in [0.1, 0.15) is 47.7 Å². The van der Waals surface area contributed by atoms with Crippen LogP contribution in [0.25, 0.3) is 0 Å². The van der Waals surface area contributed by atoms with E-state index in [9.17, 15) is 4.79 Å². The van der Waals surface area contributed by atoms with Crippen molar-refractivity contribution in [1.29, 1.82) is 0 Å². The van der Waals surface area contributed by atoms with Crippen molar-refractivity contribution in [2.45, 2.75) is 39.2 Å². The molecule has 20 heavy (non-hydrogen) atoms. The summed E-state index contributed by atoms with van der Waals surface area (Å²) in [6.07, 6.45) is 3.31. The van der Waals surface area contributed by atoms with E-state index in [0.717, 1.165) is 35.6 Å². The summed E-state index contributed by atoms with van der Waals surface area (Å²) in [5.41, 5.74) is 0. The van der Waals surface area contributed by atoms with Crippen molar-refractivity contribution in [3.63, 3.8) is 0 Å². The van der Waals surface area contributed by atoms with Crippen molar-refractivity contribution < 1.29 is 9.90 Å². The van der Waals surface area contributed by atoms with Crippen LogP contribution in [0.15, 0.2) is 12.1 Å². The topological polar surface area (TPSA) is 40.5 Å². The summed E-state index contributed by atoms with van der Waals surface area (Å²) in [7, 11) is 0. The summed E-state index contributed by atoms with van der Waals surface area (Å²) in [6.45, 7) is 5.06. The quantitative estimate of drug-likeness (QED) is 0.847. The predicted octanol–water partition coefficient (Wildman–Crippen LogP) is 2.74. The Morgan fingerprint density at radius 3 is 2.85 bits per heavy atom. The van der Waals surface area contributed by atoms with Crippen molar-refractivity contribution in [1.82, 2.24) is 4.90 Å². The first-order chi connectivity index (χ1) is 9.61. The fourth-order valence-electron chi connectivity index (χ4n) is 2.02. The molecule has 0 aromatic carbocycles. The molecule has 1 aromatic heterocycles. The Kier molecular flexibility index (Phi) is 5.22. The summed E-state index contributed by atoms with van der Waals surface area (Å²) >= 11 is 1.41. The lowest BCUT2D eigenvalue weighted by Gasteiger charge is -2.22. The zero-order valence-electron chi connectivity index (χ0n) is 12.1. The van der Waals surface area contributed by atoms with Gasteiger partial charge in [-0.3, -0.25) is 4.79 Å². The van der Waals surface area contributed by atoms with Crippen LogP contribution in [0.4, 0.5) is 0 Å². The highest BCUT2D eigenvalue weighted by molar-refractivity contribution is 7.14. The Hall–Kier alpha value is -1.31. The normalized spacial score (nSPS) is 14.0. The second-order valence-electron chi connectivity index (χ2n) is 5.54. The van der Waals surface area contributed by atoms with Crippen molar-refractivity contribution in [2.75, 3.05) is 13.2 Å². The average Bonchev–Trinajstić information content (AvgIpc) is 3.14. The number of hydrogen-bond acceptors (Lipinski definition) is 3. The van der Waals surface area contributed by atoms with Gasteiger partial charge < -0.3 is 10.0 Å². The number of carbonyl (C=O) groups is 1. The molecule has 2 rings (SSSR count). The van der Waals surface area contributed by atoms with E-state index in [0.29, 0.717) is 12.0 Å². The second-order valence-corrected chi connectivity index (χ2v) is 6.62. The standard InChI is InChI=1S/C16H21NO2S/c1-12(2)9-10-17(13-5-6-13)16(19)15-8-7-14(20-15)4-3-11-18/h7-8,12-13,18H,5-6,9-11H2,1-2H3. The maximum absolute atomic E-state index is 12.6. The fraction of sp³-hybridized carbons (Fsp3) is 0.562. The number of amides is 1. The smallest absolute Gasteiger partial charge is 0.264 e. The van der Waals surface area contributed by atoms with E-state index in [1.54, 1.807) is 0 Å². The SMILES string of the molecule is CC(C)CCN(C(=O)c1ccc(C#CCO)s1)C1CC1. The van der Waals surface area contributed by atoms with E-state index in [1.165, 1.54) is 11.3 Å². The van der Waals surface area contributed by atoms with Crippen molar-refractivity contribution in [2.24, 2.45) is 5.92 Å². The summed E-state index contributed by atoms with van der Waals surface area (Å²) in [6, 6.07) is 4.14. The molecule has 0 atom stereocenters. The lowest BCUT2D eigenvalue weighted by molar-refractivity contribution is 0.0740. The highest BCUT2D eigenvalue weighted by atomic mass is 32.1. The summed E-state index contributed by atoms with van der Waals surface area (Å²) in [5.74, 6) is 6.21. The molecule has 0 aliphatic heterocycles. The molecule has 0 radical (unpaired) electrons. The molecule has 0 spiro atoms. The first-order valence-electron chi connectivity index (χ1n) is 7.12. The maximum atomic E-state index is 12.6. The molecule has 108 valence electrons. The first-order valence-corrected chi connectivity index (χ1v) is 7.94. The van der Waals surface area contributed by atoms with E-state index in [-0.39, 0.29) is 12.5 Å². The molecule has 0 unspecified atom stereocenters. The largest absolute Gasteiger partial charge is 0.384 e. The van der Waals surface area contributed by atoms with Crippen molar-refractivity contribution in [3.05, 3.63) is 21.9 Å². The Labute approximate surface area is 124 Å². The van der Waals surface area contributed by atoms with Crippen LogP contribution in [0, 0.1) is 17.8 Å². The molecule has 1 aromatic rings. The maximum Gasteiger partial charge on any atom is 0.264 e. The number of aliphatic hydroxyl groups excluding tert-OH is 1. The highest BCUT2D eigenvalue weighted by Crippen LogP contribution is 2.30. The molecule has 4 heteroatoms. The lowest BCUT2D eigenvalue weighted by atomic mass is 10.1. The third-order valence-corrected chi connectivity index (χ3v) is 4.29. The molecule has 3 nitrogen and oxygen atoms in total. The van der Waals surface area contributed by atoms with Crippen LogP contribution in [0.2, 0.25) is 0 Å². The van der Waals surface area contributed by atoms with Crippen LogP contribution >= 0.6 is 11.3 Å². The van der Waals surface area contributed by atoms with Gasteiger partial charge in [-0.15, -0.1) is 11.3 Å². The van der Waals surface area contributed by atoms with Crippen LogP contribution in [-0.4, -0.2) is 35.1 Å². The Bertz CT molecular complexity index is 520. The minimum absolute atomic E-state index is 0.134. The fourth-order valence-corrected chi connectivity index (χ4v) is 2.86.